The van der Waals surface area contributed by atoms with Gasteiger partial charge in [0.2, 0.25) is 0 Å². The lowest BCUT2D eigenvalue weighted by Gasteiger charge is -1.98. The van der Waals surface area contributed by atoms with Crippen molar-refractivity contribution < 1.29 is 17.7 Å². The van der Waals surface area contributed by atoms with E-state index >= 15 is 0 Å². The summed E-state index contributed by atoms with van der Waals surface area (Å²) < 4.78 is 31.3. The fourth-order valence-electron chi connectivity index (χ4n) is 1.40. The summed E-state index contributed by atoms with van der Waals surface area (Å²) in [6.07, 6.45) is 6.59. The van der Waals surface area contributed by atoms with Crippen LogP contribution in [0.2, 0.25) is 0 Å². The zero-order chi connectivity index (χ0) is 13.9. The van der Waals surface area contributed by atoms with Gasteiger partial charge in [-0.3, -0.25) is 4.55 Å². The first kappa shape index (κ1) is 13.5. The van der Waals surface area contributed by atoms with Gasteiger partial charge in [-0.1, -0.05) is 4.68 Å². The van der Waals surface area contributed by atoms with Gasteiger partial charge in [0.05, 0.1) is 0 Å². The number of hydrogen-bond acceptors (Lipinski definition) is 5. The summed E-state index contributed by atoms with van der Waals surface area (Å²) in [5.74, 6) is 0.186. The fourth-order valence-corrected chi connectivity index (χ4v) is 1.82. The number of aromatic nitrogens is 4. The van der Waals surface area contributed by atoms with E-state index in [1.54, 1.807) is 30.9 Å². The van der Waals surface area contributed by atoms with Crippen LogP contribution in [0.25, 0.3) is 11.4 Å². The molecule has 2 rings (SSSR count). The molecule has 0 radical (unpaired) electrons. The maximum atomic E-state index is 10.6. The van der Waals surface area contributed by atoms with E-state index in [4.69, 9.17) is 4.55 Å². The molecule has 100 valence electrons. The van der Waals surface area contributed by atoms with Crippen molar-refractivity contribution in [3.63, 3.8) is 0 Å². The average Bonchev–Trinajstić information content (AvgIpc) is 2.37. The molecule has 0 atom stereocenters. The van der Waals surface area contributed by atoms with Crippen molar-refractivity contribution in [2.45, 2.75) is 13.5 Å². The van der Waals surface area contributed by atoms with E-state index in [0.717, 1.165) is 11.1 Å². The lowest BCUT2D eigenvalue weighted by molar-refractivity contribution is -0.750. The highest BCUT2D eigenvalue weighted by molar-refractivity contribution is 7.85. The SMILES string of the molecule is Cc1cnc(-c2cc[n+](CCS(=O)(=O)O)nc2)nc1. The maximum absolute atomic E-state index is 10.6. The third kappa shape index (κ3) is 4.04. The fraction of sp³-hybridized carbons (Fsp3) is 0.273. The second-order valence-corrected chi connectivity index (χ2v) is 5.62. The molecular formula is C11H13N4O3S+. The Bertz CT molecular complexity index is 653. The van der Waals surface area contributed by atoms with Crippen LogP contribution in [0.4, 0.5) is 0 Å². The summed E-state index contributed by atoms with van der Waals surface area (Å²) in [5, 5.41) is 4.04. The van der Waals surface area contributed by atoms with Gasteiger partial charge < -0.3 is 0 Å². The van der Waals surface area contributed by atoms with E-state index in [0.29, 0.717) is 5.82 Å². The molecule has 2 aromatic rings. The van der Waals surface area contributed by atoms with Crippen molar-refractivity contribution in [2.24, 2.45) is 0 Å². The summed E-state index contributed by atoms with van der Waals surface area (Å²) in [6.45, 7) is 1.99. The normalized spacial score (nSPS) is 11.5. The van der Waals surface area contributed by atoms with E-state index in [9.17, 15) is 8.42 Å². The third-order valence-corrected chi connectivity index (χ3v) is 3.09. The Morgan fingerprint density at radius 2 is 1.95 bits per heavy atom. The number of rotatable bonds is 4. The molecule has 0 unspecified atom stereocenters. The molecule has 7 nitrogen and oxygen atoms in total. The second-order valence-electron chi connectivity index (χ2n) is 4.05. The topological polar surface area (TPSA) is 96.9 Å². The monoisotopic (exact) mass is 281 g/mol. The molecule has 0 aliphatic heterocycles. The molecule has 0 aliphatic rings. The summed E-state index contributed by atoms with van der Waals surface area (Å²) in [7, 11) is -3.97. The van der Waals surface area contributed by atoms with E-state index in [1.807, 2.05) is 6.92 Å². The van der Waals surface area contributed by atoms with Crippen molar-refractivity contribution in [2.75, 3.05) is 5.75 Å². The summed E-state index contributed by atoms with van der Waals surface area (Å²) >= 11 is 0. The molecule has 0 saturated heterocycles. The van der Waals surface area contributed by atoms with Crippen LogP contribution in [-0.2, 0) is 16.7 Å². The molecule has 8 heteroatoms. The number of nitrogens with zero attached hydrogens (tertiary/aromatic N) is 4. The zero-order valence-electron chi connectivity index (χ0n) is 10.3. The Kier molecular flexibility index (Phi) is 3.82. The Hall–Kier alpha value is -1.93. The van der Waals surface area contributed by atoms with Crippen LogP contribution in [0.5, 0.6) is 0 Å². The summed E-state index contributed by atoms with van der Waals surface area (Å²) in [6, 6.07) is 1.74. The molecule has 0 amide bonds. The quantitative estimate of drug-likeness (QED) is 0.627. The van der Waals surface area contributed by atoms with Gasteiger partial charge in [0.1, 0.15) is 11.9 Å². The molecule has 2 heterocycles. The highest BCUT2D eigenvalue weighted by Gasteiger charge is 2.11. The van der Waals surface area contributed by atoms with E-state index < -0.39 is 10.1 Å². The van der Waals surface area contributed by atoms with Gasteiger partial charge in [0.25, 0.3) is 10.1 Å². The van der Waals surface area contributed by atoms with Gasteiger partial charge in [-0.2, -0.15) is 8.42 Å². The largest absolute Gasteiger partial charge is 0.285 e. The minimum Gasteiger partial charge on any atom is -0.285 e. The molecule has 19 heavy (non-hydrogen) atoms. The van der Waals surface area contributed by atoms with Crippen molar-refractivity contribution in [3.8, 4) is 11.4 Å². The Morgan fingerprint density at radius 1 is 1.26 bits per heavy atom. The lowest BCUT2D eigenvalue weighted by atomic mass is 10.3. The van der Waals surface area contributed by atoms with Crippen LogP contribution in [-0.4, -0.2) is 33.8 Å². The Balaban J connectivity index is 2.12. The van der Waals surface area contributed by atoms with Gasteiger partial charge in [-0.15, -0.1) is 0 Å². The first-order valence-corrected chi connectivity index (χ1v) is 7.15. The standard InChI is InChI=1S/C11H12N4O3S/c1-9-6-12-11(13-7-9)10-2-3-15(14-8-10)4-5-19(16,17)18/h2-3,6-8H,4-5H2,1H3/p+1. The molecule has 2 aromatic heterocycles. The first-order valence-electron chi connectivity index (χ1n) is 5.54. The molecule has 0 aromatic carbocycles. The van der Waals surface area contributed by atoms with Crippen LogP contribution < -0.4 is 4.68 Å². The van der Waals surface area contributed by atoms with Crippen LogP contribution in [0.1, 0.15) is 5.56 Å². The smallest absolute Gasteiger partial charge is 0.271 e. The molecule has 0 saturated carbocycles. The van der Waals surface area contributed by atoms with Gasteiger partial charge in [-0.05, 0) is 17.6 Å². The minimum absolute atomic E-state index is 0.0911. The molecule has 0 aliphatic carbocycles. The van der Waals surface area contributed by atoms with Gasteiger partial charge >= 0.3 is 0 Å². The number of aryl methyl sites for hydroxylation is 2. The van der Waals surface area contributed by atoms with Gasteiger partial charge in [-0.25, -0.2) is 9.97 Å². The van der Waals surface area contributed by atoms with E-state index in [-0.39, 0.29) is 12.3 Å². The van der Waals surface area contributed by atoms with Crippen molar-refractivity contribution in [1.29, 1.82) is 0 Å². The summed E-state index contributed by atoms with van der Waals surface area (Å²) in [5.41, 5.74) is 1.71. The highest BCUT2D eigenvalue weighted by Crippen LogP contribution is 2.10. The van der Waals surface area contributed by atoms with Gasteiger partial charge in [0, 0.05) is 24.0 Å². The second kappa shape index (κ2) is 5.37. The zero-order valence-corrected chi connectivity index (χ0v) is 11.1. The Morgan fingerprint density at radius 3 is 2.47 bits per heavy atom. The molecule has 0 fully saturated rings. The van der Waals surface area contributed by atoms with Crippen molar-refractivity contribution >= 4 is 10.1 Å². The molecule has 1 N–H and O–H groups in total. The minimum atomic E-state index is -3.97. The van der Waals surface area contributed by atoms with Crippen LogP contribution in [0.3, 0.4) is 0 Å². The summed E-state index contributed by atoms with van der Waals surface area (Å²) in [4.78, 5) is 8.33. The van der Waals surface area contributed by atoms with Gasteiger partial charge in [0.15, 0.2) is 18.6 Å². The third-order valence-electron chi connectivity index (χ3n) is 2.39. The van der Waals surface area contributed by atoms with Crippen molar-refractivity contribution in [1.82, 2.24) is 15.1 Å². The lowest BCUT2D eigenvalue weighted by Crippen LogP contribution is -2.40. The molecule has 0 bridgehead atoms. The predicted molar refractivity (Wildman–Crippen MR) is 66.6 cm³/mol. The van der Waals surface area contributed by atoms with Crippen molar-refractivity contribution in [3.05, 3.63) is 36.4 Å². The molecule has 0 spiro atoms. The highest BCUT2D eigenvalue weighted by atomic mass is 32.2. The van der Waals surface area contributed by atoms with E-state index in [2.05, 4.69) is 15.1 Å². The number of hydrogen-bond donors (Lipinski definition) is 1. The first-order chi connectivity index (χ1) is 8.94. The maximum Gasteiger partial charge on any atom is 0.271 e. The van der Waals surface area contributed by atoms with Crippen LogP contribution >= 0.6 is 0 Å². The van der Waals surface area contributed by atoms with E-state index in [1.165, 1.54) is 4.68 Å². The van der Waals surface area contributed by atoms with Crippen LogP contribution in [0.15, 0.2) is 30.9 Å². The predicted octanol–water partition coefficient (Wildman–Crippen LogP) is 0.0223. The van der Waals surface area contributed by atoms with Crippen LogP contribution in [0, 0.1) is 6.92 Å². The Labute approximate surface area is 110 Å². The molecular weight excluding hydrogens is 268 g/mol. The average molecular weight is 281 g/mol.